The number of rotatable bonds is 3. The maximum atomic E-state index is 12.4. The van der Waals surface area contributed by atoms with Crippen LogP contribution in [-0.4, -0.2) is 14.2 Å². The van der Waals surface area contributed by atoms with Gasteiger partial charge in [-0.3, -0.25) is 4.79 Å². The van der Waals surface area contributed by atoms with Crippen LogP contribution in [0.25, 0.3) is 0 Å². The highest BCUT2D eigenvalue weighted by Gasteiger charge is 2.24. The summed E-state index contributed by atoms with van der Waals surface area (Å²) < 4.78 is 30.0. The van der Waals surface area contributed by atoms with E-state index in [0.29, 0.717) is 24.0 Å². The Morgan fingerprint density at radius 1 is 1.00 bits per heavy atom. The van der Waals surface area contributed by atoms with Crippen molar-refractivity contribution >= 4 is 15.9 Å². The van der Waals surface area contributed by atoms with Crippen LogP contribution in [0.2, 0.25) is 0 Å². The monoisotopic (exact) mass is 316 g/mol. The quantitative estimate of drug-likeness (QED) is 0.815. The largest absolute Gasteiger partial charge is 0.379 e. The van der Waals surface area contributed by atoms with E-state index in [0.717, 1.165) is 12.0 Å². The standard InChI is InChI=1S/C17H16O4S/c1-12-8-10-13(11-9-12)22(19,20)21-17-7-3-4-14-15(17)5-2-6-16(14)18/h3-4,7-11H,2,5-6H2,1H3. The van der Waals surface area contributed by atoms with Gasteiger partial charge < -0.3 is 4.18 Å². The highest BCUT2D eigenvalue weighted by Crippen LogP contribution is 2.31. The summed E-state index contributed by atoms with van der Waals surface area (Å²) in [5, 5.41) is 0. The summed E-state index contributed by atoms with van der Waals surface area (Å²) in [5.74, 6) is 0.297. The molecule has 0 fully saturated rings. The van der Waals surface area contributed by atoms with Gasteiger partial charge in [-0.1, -0.05) is 29.8 Å². The van der Waals surface area contributed by atoms with Gasteiger partial charge in [0, 0.05) is 17.5 Å². The predicted octanol–water partition coefficient (Wildman–Crippen LogP) is 3.28. The molecule has 0 heterocycles. The number of fused-ring (bicyclic) bond motifs is 1. The highest BCUT2D eigenvalue weighted by molar-refractivity contribution is 7.87. The van der Waals surface area contributed by atoms with Crippen molar-refractivity contribution in [1.82, 2.24) is 0 Å². The molecule has 2 aromatic carbocycles. The molecule has 0 spiro atoms. The molecule has 0 saturated carbocycles. The van der Waals surface area contributed by atoms with Crippen LogP contribution in [0.5, 0.6) is 5.75 Å². The minimum Gasteiger partial charge on any atom is -0.379 e. The van der Waals surface area contributed by atoms with E-state index in [9.17, 15) is 13.2 Å². The average molecular weight is 316 g/mol. The molecule has 0 amide bonds. The first-order valence-corrected chi connectivity index (χ1v) is 8.54. The maximum Gasteiger partial charge on any atom is 0.339 e. The van der Waals surface area contributed by atoms with Crippen LogP contribution in [0.1, 0.15) is 34.3 Å². The zero-order valence-electron chi connectivity index (χ0n) is 12.2. The van der Waals surface area contributed by atoms with E-state index in [1.165, 1.54) is 12.1 Å². The van der Waals surface area contributed by atoms with Gasteiger partial charge in [0.05, 0.1) is 0 Å². The molecule has 0 atom stereocenters. The molecule has 4 nitrogen and oxygen atoms in total. The van der Waals surface area contributed by atoms with Crippen molar-refractivity contribution in [3.8, 4) is 5.75 Å². The summed E-state index contributed by atoms with van der Waals surface area (Å²) in [5.41, 5.74) is 2.24. The zero-order chi connectivity index (χ0) is 15.7. The molecule has 1 aliphatic carbocycles. The van der Waals surface area contributed by atoms with Crippen molar-refractivity contribution < 1.29 is 17.4 Å². The average Bonchev–Trinajstić information content (AvgIpc) is 2.48. The van der Waals surface area contributed by atoms with Crippen LogP contribution in [0, 0.1) is 6.92 Å². The zero-order valence-corrected chi connectivity index (χ0v) is 13.0. The SMILES string of the molecule is Cc1ccc(S(=O)(=O)Oc2cccc3c2CCCC3=O)cc1. The normalized spacial score (nSPS) is 14.5. The van der Waals surface area contributed by atoms with E-state index in [-0.39, 0.29) is 16.4 Å². The Morgan fingerprint density at radius 3 is 2.45 bits per heavy atom. The number of Topliss-reactive ketones (excluding diaryl/α,β-unsaturated/α-hetero) is 1. The Bertz CT molecular complexity index is 820. The van der Waals surface area contributed by atoms with E-state index in [1.807, 2.05) is 6.92 Å². The predicted molar refractivity (Wildman–Crippen MR) is 82.7 cm³/mol. The van der Waals surface area contributed by atoms with Crippen LogP contribution in [0.3, 0.4) is 0 Å². The third-order valence-electron chi connectivity index (χ3n) is 3.77. The summed E-state index contributed by atoms with van der Waals surface area (Å²) in [6.07, 6.45) is 1.87. The Hall–Kier alpha value is -2.14. The number of carbonyl (C=O) groups excluding carboxylic acids is 1. The fraction of sp³-hybridized carbons (Fsp3) is 0.235. The van der Waals surface area contributed by atoms with Gasteiger partial charge in [-0.2, -0.15) is 8.42 Å². The van der Waals surface area contributed by atoms with Gasteiger partial charge in [0.1, 0.15) is 10.6 Å². The van der Waals surface area contributed by atoms with Crippen molar-refractivity contribution in [3.05, 3.63) is 59.2 Å². The fourth-order valence-corrected chi connectivity index (χ4v) is 3.55. The van der Waals surface area contributed by atoms with Crippen LogP contribution < -0.4 is 4.18 Å². The van der Waals surface area contributed by atoms with Gasteiger partial charge in [0.25, 0.3) is 0 Å². The Labute approximate surface area is 129 Å². The van der Waals surface area contributed by atoms with Gasteiger partial charge >= 0.3 is 10.1 Å². The van der Waals surface area contributed by atoms with Gasteiger partial charge in [-0.15, -0.1) is 0 Å². The second-order valence-electron chi connectivity index (χ2n) is 5.41. The first-order valence-electron chi connectivity index (χ1n) is 7.13. The molecule has 5 heteroatoms. The van der Waals surface area contributed by atoms with Crippen molar-refractivity contribution in [1.29, 1.82) is 0 Å². The van der Waals surface area contributed by atoms with Gasteiger partial charge in [-0.05, 0) is 38.0 Å². The molecule has 0 bridgehead atoms. The van der Waals surface area contributed by atoms with E-state index < -0.39 is 10.1 Å². The molecule has 1 aliphatic rings. The summed E-state index contributed by atoms with van der Waals surface area (Å²) in [4.78, 5) is 12.0. The van der Waals surface area contributed by atoms with Crippen molar-refractivity contribution in [3.63, 3.8) is 0 Å². The lowest BCUT2D eigenvalue weighted by molar-refractivity contribution is 0.0972. The fourth-order valence-electron chi connectivity index (χ4n) is 2.59. The minimum atomic E-state index is -3.89. The van der Waals surface area contributed by atoms with Crippen LogP contribution >= 0.6 is 0 Å². The summed E-state index contributed by atoms with van der Waals surface area (Å²) >= 11 is 0. The van der Waals surface area contributed by atoms with E-state index in [1.54, 1.807) is 30.3 Å². The first-order chi connectivity index (χ1) is 10.5. The number of ketones is 1. The maximum absolute atomic E-state index is 12.4. The van der Waals surface area contributed by atoms with E-state index >= 15 is 0 Å². The summed E-state index contributed by atoms with van der Waals surface area (Å²) in [7, 11) is -3.89. The van der Waals surface area contributed by atoms with Gasteiger partial charge in [0.15, 0.2) is 5.78 Å². The Balaban J connectivity index is 1.98. The van der Waals surface area contributed by atoms with E-state index in [2.05, 4.69) is 0 Å². The molecule has 0 saturated heterocycles. The lowest BCUT2D eigenvalue weighted by Crippen LogP contribution is -2.15. The van der Waals surface area contributed by atoms with Crippen LogP contribution in [-0.2, 0) is 16.5 Å². The molecule has 22 heavy (non-hydrogen) atoms. The number of aryl methyl sites for hydroxylation is 1. The second kappa shape index (κ2) is 5.57. The molecular weight excluding hydrogens is 300 g/mol. The number of hydrogen-bond acceptors (Lipinski definition) is 4. The first kappa shape index (κ1) is 14.8. The Morgan fingerprint density at radius 2 is 1.73 bits per heavy atom. The third kappa shape index (κ3) is 2.76. The summed E-state index contributed by atoms with van der Waals surface area (Å²) in [6, 6.07) is 11.5. The topological polar surface area (TPSA) is 60.4 Å². The molecule has 0 radical (unpaired) electrons. The van der Waals surface area contributed by atoms with E-state index in [4.69, 9.17) is 4.18 Å². The minimum absolute atomic E-state index is 0.0411. The molecular formula is C17H16O4S. The molecule has 0 N–H and O–H groups in total. The highest BCUT2D eigenvalue weighted by atomic mass is 32.2. The van der Waals surface area contributed by atoms with Crippen molar-refractivity contribution in [2.75, 3.05) is 0 Å². The van der Waals surface area contributed by atoms with Crippen molar-refractivity contribution in [2.45, 2.75) is 31.1 Å². The smallest absolute Gasteiger partial charge is 0.339 e. The molecule has 3 rings (SSSR count). The second-order valence-corrected chi connectivity index (χ2v) is 6.96. The molecule has 0 aromatic heterocycles. The van der Waals surface area contributed by atoms with Crippen LogP contribution in [0.15, 0.2) is 47.4 Å². The summed E-state index contributed by atoms with van der Waals surface area (Å²) in [6.45, 7) is 1.89. The number of hydrogen-bond donors (Lipinski definition) is 0. The van der Waals surface area contributed by atoms with Gasteiger partial charge in [-0.25, -0.2) is 0 Å². The Kier molecular flexibility index (Phi) is 3.74. The third-order valence-corrected chi connectivity index (χ3v) is 5.02. The van der Waals surface area contributed by atoms with Crippen LogP contribution in [0.4, 0.5) is 0 Å². The van der Waals surface area contributed by atoms with Gasteiger partial charge in [0.2, 0.25) is 0 Å². The number of carbonyl (C=O) groups is 1. The molecule has 114 valence electrons. The molecule has 0 unspecified atom stereocenters. The van der Waals surface area contributed by atoms with Crippen molar-refractivity contribution in [2.24, 2.45) is 0 Å². The lowest BCUT2D eigenvalue weighted by Gasteiger charge is -2.18. The number of benzene rings is 2. The molecule has 2 aromatic rings. The molecule has 0 aliphatic heterocycles. The lowest BCUT2D eigenvalue weighted by atomic mass is 9.90.